The lowest BCUT2D eigenvalue weighted by Crippen LogP contribution is -2.12. The molecule has 9 nitrogen and oxygen atoms in total. The lowest BCUT2D eigenvalue weighted by atomic mass is 10.2. The molecule has 0 heterocycles. The first-order chi connectivity index (χ1) is 12.5. The molecule has 0 N–H and O–H groups in total. The van der Waals surface area contributed by atoms with Crippen LogP contribution in [0.5, 0.6) is 0 Å². The second kappa shape index (κ2) is 7.28. The maximum Gasteiger partial charge on any atom is 0.300 e. The summed E-state index contributed by atoms with van der Waals surface area (Å²) in [6.45, 7) is -0.127. The highest BCUT2D eigenvalue weighted by Gasteiger charge is 2.28. The number of nitrogens with zero attached hydrogens (tertiary/aromatic N) is 2. The smallest absolute Gasteiger partial charge is 0.261 e. The summed E-state index contributed by atoms with van der Waals surface area (Å²) >= 11 is 0. The van der Waals surface area contributed by atoms with Crippen LogP contribution in [-0.2, 0) is 20.9 Å². The van der Waals surface area contributed by atoms with Crippen LogP contribution < -0.4 is 0 Å². The maximum absolute atomic E-state index is 13.8. The van der Waals surface area contributed by atoms with Crippen LogP contribution in [-0.4, -0.2) is 18.3 Å². The number of nitro benzene ring substituents is 2. The van der Waals surface area contributed by atoms with Gasteiger partial charge in [0.1, 0.15) is 10.7 Å². The molecule has 0 spiro atoms. The second-order valence-corrected chi connectivity index (χ2v) is 6.74. The minimum atomic E-state index is -5.03. The molecule has 0 aromatic heterocycles. The zero-order valence-electron chi connectivity index (χ0n) is 13.3. The molecule has 0 amide bonds. The van der Waals surface area contributed by atoms with Crippen molar-refractivity contribution < 1.29 is 35.6 Å². The summed E-state index contributed by atoms with van der Waals surface area (Å²) < 4.78 is 69.4. The van der Waals surface area contributed by atoms with E-state index in [9.17, 15) is 41.8 Å². The molecule has 0 fully saturated rings. The predicted octanol–water partition coefficient (Wildman–Crippen LogP) is 3.13. The lowest BCUT2D eigenvalue weighted by Gasteiger charge is -2.09. The molecule has 0 saturated heterocycles. The Kier molecular flexibility index (Phi) is 5.46. The van der Waals surface area contributed by atoms with Gasteiger partial charge < -0.3 is 0 Å². The quantitative estimate of drug-likeness (QED) is 0.312. The summed E-state index contributed by atoms with van der Waals surface area (Å²) in [6.07, 6.45) is 0. The van der Waals surface area contributed by atoms with Gasteiger partial charge in [0.05, 0.1) is 28.1 Å². The fourth-order valence-corrected chi connectivity index (χ4v) is 2.97. The van der Waals surface area contributed by atoms with E-state index in [0.717, 1.165) is 19.1 Å². The average molecular weight is 406 g/mol. The van der Waals surface area contributed by atoms with Crippen LogP contribution in [0.4, 0.5) is 24.5 Å². The molecule has 0 aliphatic carbocycles. The molecule has 0 atom stereocenters. The first-order valence-electron chi connectivity index (χ1n) is 6.91. The largest absolute Gasteiger partial charge is 0.300 e. The van der Waals surface area contributed by atoms with Crippen molar-refractivity contribution in [1.29, 1.82) is 0 Å². The van der Waals surface area contributed by atoms with Gasteiger partial charge in [-0.15, -0.1) is 0 Å². The molecule has 2 rings (SSSR count). The summed E-state index contributed by atoms with van der Waals surface area (Å²) in [5, 5.41) is 21.7. The van der Waals surface area contributed by atoms with E-state index >= 15 is 0 Å². The van der Waals surface area contributed by atoms with Crippen LogP contribution in [0.2, 0.25) is 0 Å². The first-order valence-corrected chi connectivity index (χ1v) is 8.31. The zero-order valence-corrected chi connectivity index (χ0v) is 14.1. The van der Waals surface area contributed by atoms with Gasteiger partial charge >= 0.3 is 0 Å². The normalized spacial score (nSPS) is 11.4. The molecule has 13 heteroatoms. The van der Waals surface area contributed by atoms with Crippen molar-refractivity contribution >= 4 is 21.5 Å². The molecule has 27 heavy (non-hydrogen) atoms. The third kappa shape index (κ3) is 4.03. The van der Waals surface area contributed by atoms with E-state index in [1.54, 1.807) is 0 Å². The van der Waals surface area contributed by atoms with Crippen molar-refractivity contribution in [3.8, 4) is 0 Å². The van der Waals surface area contributed by atoms with Gasteiger partial charge in [0.2, 0.25) is 0 Å². The van der Waals surface area contributed by atoms with Crippen molar-refractivity contribution in [3.63, 3.8) is 0 Å². The van der Waals surface area contributed by atoms with Gasteiger partial charge in [0.15, 0.2) is 11.6 Å². The summed E-state index contributed by atoms with van der Waals surface area (Å²) in [4.78, 5) is 18.3. The topological polar surface area (TPSA) is 130 Å². The van der Waals surface area contributed by atoms with Crippen LogP contribution >= 0.6 is 0 Å². The van der Waals surface area contributed by atoms with Crippen molar-refractivity contribution in [1.82, 2.24) is 0 Å². The minimum Gasteiger partial charge on any atom is -0.261 e. The number of non-ortho nitro benzene ring substituents is 1. The zero-order chi connectivity index (χ0) is 20.5. The maximum atomic E-state index is 13.8. The predicted molar refractivity (Wildman–Crippen MR) is 82.8 cm³/mol. The van der Waals surface area contributed by atoms with Gasteiger partial charge in [-0.2, -0.15) is 8.42 Å². The number of rotatable bonds is 6. The Balaban J connectivity index is 2.39. The van der Waals surface area contributed by atoms with E-state index < -0.39 is 65.9 Å². The highest BCUT2D eigenvalue weighted by Crippen LogP contribution is 2.28. The van der Waals surface area contributed by atoms with Gasteiger partial charge in [0.25, 0.3) is 21.5 Å². The molecular weight excluding hydrogens is 397 g/mol. The Labute approximate surface area is 149 Å². The van der Waals surface area contributed by atoms with Gasteiger partial charge in [-0.25, -0.2) is 13.2 Å². The molecule has 0 saturated carbocycles. The van der Waals surface area contributed by atoms with Gasteiger partial charge in [0, 0.05) is 11.6 Å². The monoisotopic (exact) mass is 406 g/mol. The lowest BCUT2D eigenvalue weighted by molar-refractivity contribution is -0.394. The summed E-state index contributed by atoms with van der Waals surface area (Å²) in [5.74, 6) is -4.93. The molecule has 0 radical (unpaired) electrons. The highest BCUT2D eigenvalue weighted by atomic mass is 32.2. The van der Waals surface area contributed by atoms with Crippen molar-refractivity contribution in [2.75, 3.05) is 0 Å². The Morgan fingerprint density at radius 1 is 1.04 bits per heavy atom. The highest BCUT2D eigenvalue weighted by molar-refractivity contribution is 7.86. The van der Waals surface area contributed by atoms with Crippen LogP contribution in [0, 0.1) is 44.6 Å². The van der Waals surface area contributed by atoms with E-state index in [-0.39, 0.29) is 11.6 Å². The molecular formula is C14H9F3N2O7S. The molecule has 0 aliphatic rings. The number of benzene rings is 2. The molecule has 2 aromatic rings. The van der Waals surface area contributed by atoms with Gasteiger partial charge in [-0.3, -0.25) is 24.4 Å². The molecule has 0 unspecified atom stereocenters. The third-order valence-electron chi connectivity index (χ3n) is 3.47. The van der Waals surface area contributed by atoms with Crippen molar-refractivity contribution in [2.45, 2.75) is 18.4 Å². The third-order valence-corrected chi connectivity index (χ3v) is 4.73. The molecule has 0 aliphatic heterocycles. The second-order valence-electron chi connectivity index (χ2n) is 5.15. The van der Waals surface area contributed by atoms with E-state index in [1.807, 2.05) is 0 Å². The van der Waals surface area contributed by atoms with Crippen LogP contribution in [0.1, 0.15) is 11.1 Å². The Bertz CT molecular complexity index is 1060. The first kappa shape index (κ1) is 20.3. The fraction of sp³-hybridized carbons (Fsp3) is 0.143. The van der Waals surface area contributed by atoms with E-state index in [2.05, 4.69) is 4.18 Å². The summed E-state index contributed by atoms with van der Waals surface area (Å²) in [7, 11) is -5.03. The number of hydrogen-bond donors (Lipinski definition) is 0. The number of hydrogen-bond acceptors (Lipinski definition) is 7. The SMILES string of the molecule is Cc1c(F)cc(S(=O)(=O)OCc2ccc([N+](=O)[O-])cc2[N+](=O)[O-])c(F)c1F. The molecule has 0 bridgehead atoms. The summed E-state index contributed by atoms with van der Waals surface area (Å²) in [6, 6.07) is 2.53. The molecule has 2 aromatic carbocycles. The van der Waals surface area contributed by atoms with Crippen LogP contribution in [0.15, 0.2) is 29.2 Å². The van der Waals surface area contributed by atoms with E-state index in [1.165, 1.54) is 0 Å². The van der Waals surface area contributed by atoms with E-state index in [4.69, 9.17) is 0 Å². The van der Waals surface area contributed by atoms with Gasteiger partial charge in [-0.1, -0.05) is 0 Å². The fourth-order valence-electron chi connectivity index (χ4n) is 2.01. The summed E-state index contributed by atoms with van der Waals surface area (Å²) in [5.41, 5.74) is -2.57. The minimum absolute atomic E-state index is 0.216. The Hall–Kier alpha value is -3.06. The number of nitro groups is 2. The standard InChI is InChI=1S/C14H9F3N2O7S/c1-7-10(15)5-12(14(17)13(7)16)27(24,25)26-6-8-2-3-9(18(20)21)4-11(8)19(22)23/h2-5H,6H2,1H3. The van der Waals surface area contributed by atoms with Crippen molar-refractivity contribution in [3.05, 3.63) is 73.1 Å². The Morgan fingerprint density at radius 2 is 1.67 bits per heavy atom. The number of halogens is 3. The molecule has 144 valence electrons. The Morgan fingerprint density at radius 3 is 2.22 bits per heavy atom. The van der Waals surface area contributed by atoms with E-state index in [0.29, 0.717) is 6.07 Å². The van der Waals surface area contributed by atoms with Crippen LogP contribution in [0.25, 0.3) is 0 Å². The average Bonchev–Trinajstić information content (AvgIpc) is 2.60. The van der Waals surface area contributed by atoms with Gasteiger partial charge in [-0.05, 0) is 19.1 Å². The van der Waals surface area contributed by atoms with Crippen molar-refractivity contribution in [2.24, 2.45) is 0 Å². The van der Waals surface area contributed by atoms with Crippen LogP contribution in [0.3, 0.4) is 0 Å².